The van der Waals surface area contributed by atoms with E-state index < -0.39 is 12.0 Å². The number of nitrogens with one attached hydrogen (secondary N) is 2. The summed E-state index contributed by atoms with van der Waals surface area (Å²) in [4.78, 5) is 30.9. The molecule has 0 saturated carbocycles. The summed E-state index contributed by atoms with van der Waals surface area (Å²) in [5.74, 6) is -2.04. The monoisotopic (exact) mass is 386 g/mol. The molecule has 11 heteroatoms. The van der Waals surface area contributed by atoms with E-state index in [1.54, 1.807) is 13.8 Å². The number of rotatable bonds is 6. The maximum Gasteiger partial charge on any atom is 0.453 e. The molecule has 27 heavy (non-hydrogen) atoms. The minimum atomic E-state index is -4.66. The third-order valence-electron chi connectivity index (χ3n) is 3.80. The van der Waals surface area contributed by atoms with E-state index in [0.29, 0.717) is 17.0 Å². The number of carbonyl (C=O) groups excluding carboxylic acids is 2. The number of alkyl halides is 3. The topological polar surface area (TPSA) is 101 Å². The third kappa shape index (κ3) is 5.14. The molecule has 2 amide bonds. The van der Waals surface area contributed by atoms with Gasteiger partial charge in [0.25, 0.3) is 11.6 Å². The largest absolute Gasteiger partial charge is 0.453 e. The first kappa shape index (κ1) is 20.6. The zero-order valence-corrected chi connectivity index (χ0v) is 15.4. The van der Waals surface area contributed by atoms with E-state index in [9.17, 15) is 22.8 Å². The van der Waals surface area contributed by atoms with Gasteiger partial charge in [0, 0.05) is 23.9 Å². The first-order valence-corrected chi connectivity index (χ1v) is 8.35. The number of fused-ring (bicyclic) bond motifs is 1. The summed E-state index contributed by atoms with van der Waals surface area (Å²) in [7, 11) is 0. The van der Waals surface area contributed by atoms with Crippen LogP contribution in [0.2, 0.25) is 0 Å². The molecule has 0 unspecified atom stereocenters. The van der Waals surface area contributed by atoms with Crippen LogP contribution in [0.25, 0.3) is 5.78 Å². The Bertz CT molecular complexity index is 860. The minimum absolute atomic E-state index is 0.0261. The SMILES string of the molecule is Cc1nc2nc(C(F)(F)F)nn2c(C)c1CCC(=O)NCC(=O)NC(C)C. The standard InChI is InChI=1S/C16H21F3N6O2/c1-8(2)21-13(27)7-20-12(26)6-5-11-9(3)22-15-23-14(16(17,18)19)24-25(15)10(11)4/h8H,5-7H2,1-4H3,(H,20,26)(H,21,27). The summed E-state index contributed by atoms with van der Waals surface area (Å²) >= 11 is 0. The third-order valence-corrected chi connectivity index (χ3v) is 3.80. The summed E-state index contributed by atoms with van der Waals surface area (Å²) in [6.45, 7) is 6.72. The molecule has 8 nitrogen and oxygen atoms in total. The second kappa shape index (κ2) is 7.89. The van der Waals surface area contributed by atoms with Crippen LogP contribution in [0.1, 0.15) is 43.0 Å². The summed E-state index contributed by atoms with van der Waals surface area (Å²) in [6, 6.07) is -0.0261. The quantitative estimate of drug-likeness (QED) is 0.780. The molecule has 2 heterocycles. The molecule has 0 aliphatic rings. The number of carbonyl (C=O) groups is 2. The van der Waals surface area contributed by atoms with E-state index in [0.717, 1.165) is 4.52 Å². The van der Waals surface area contributed by atoms with Crippen LogP contribution in [0.5, 0.6) is 0 Å². The van der Waals surface area contributed by atoms with E-state index in [1.165, 1.54) is 0 Å². The lowest BCUT2D eigenvalue weighted by atomic mass is 10.1. The smallest absolute Gasteiger partial charge is 0.352 e. The number of halogens is 3. The molecule has 2 N–H and O–H groups in total. The predicted molar refractivity (Wildman–Crippen MR) is 89.9 cm³/mol. The highest BCUT2D eigenvalue weighted by Gasteiger charge is 2.36. The number of nitrogens with zero attached hydrogens (tertiary/aromatic N) is 4. The van der Waals surface area contributed by atoms with E-state index in [2.05, 4.69) is 25.7 Å². The molecule has 2 aromatic heterocycles. The summed E-state index contributed by atoms with van der Waals surface area (Å²) in [6.07, 6.45) is -4.35. The lowest BCUT2D eigenvalue weighted by Gasteiger charge is -2.11. The van der Waals surface area contributed by atoms with Crippen molar-refractivity contribution in [2.24, 2.45) is 0 Å². The van der Waals surface area contributed by atoms with Crippen molar-refractivity contribution in [3.8, 4) is 0 Å². The molecule has 2 aromatic rings. The summed E-state index contributed by atoms with van der Waals surface area (Å²) in [5.41, 5.74) is 1.53. The van der Waals surface area contributed by atoms with Gasteiger partial charge in [-0.2, -0.15) is 18.2 Å². The number of hydrogen-bond donors (Lipinski definition) is 2. The van der Waals surface area contributed by atoms with Gasteiger partial charge in [-0.1, -0.05) is 0 Å². The molecule has 0 aliphatic heterocycles. The van der Waals surface area contributed by atoms with Crippen LogP contribution in [0.15, 0.2) is 0 Å². The van der Waals surface area contributed by atoms with Crippen molar-refractivity contribution in [3.63, 3.8) is 0 Å². The van der Waals surface area contributed by atoms with Gasteiger partial charge in [-0.25, -0.2) is 9.50 Å². The molecule has 2 rings (SSSR count). The first-order valence-electron chi connectivity index (χ1n) is 8.35. The van der Waals surface area contributed by atoms with Gasteiger partial charge in [0.15, 0.2) is 0 Å². The Balaban J connectivity index is 2.08. The van der Waals surface area contributed by atoms with E-state index in [4.69, 9.17) is 0 Å². The molecule has 0 fully saturated rings. The van der Waals surface area contributed by atoms with Gasteiger partial charge in [0.1, 0.15) is 0 Å². The maximum absolute atomic E-state index is 12.8. The number of aryl methyl sites for hydroxylation is 2. The summed E-state index contributed by atoms with van der Waals surface area (Å²) in [5, 5.41) is 8.62. The Hall–Kier alpha value is -2.72. The van der Waals surface area contributed by atoms with Crippen molar-refractivity contribution in [2.75, 3.05) is 6.54 Å². The second-order valence-corrected chi connectivity index (χ2v) is 6.41. The fourth-order valence-corrected chi connectivity index (χ4v) is 2.57. The number of amides is 2. The van der Waals surface area contributed by atoms with Crippen LogP contribution in [0, 0.1) is 13.8 Å². The minimum Gasteiger partial charge on any atom is -0.352 e. The zero-order chi connectivity index (χ0) is 20.4. The molecule has 148 valence electrons. The van der Waals surface area contributed by atoms with Gasteiger partial charge in [0.2, 0.25) is 11.8 Å². The Kier molecular flexibility index (Phi) is 6.01. The molecule has 0 bridgehead atoms. The highest BCUT2D eigenvalue weighted by Crippen LogP contribution is 2.27. The molecule has 0 radical (unpaired) electrons. The Morgan fingerprint density at radius 3 is 2.41 bits per heavy atom. The van der Waals surface area contributed by atoms with E-state index in [-0.39, 0.29) is 43.0 Å². The average molecular weight is 386 g/mol. The molecule has 0 saturated heterocycles. The second-order valence-electron chi connectivity index (χ2n) is 6.41. The molecular weight excluding hydrogens is 365 g/mol. The van der Waals surface area contributed by atoms with Gasteiger partial charge in [0.05, 0.1) is 6.54 Å². The van der Waals surface area contributed by atoms with Crippen LogP contribution >= 0.6 is 0 Å². The molecule has 0 aromatic carbocycles. The highest BCUT2D eigenvalue weighted by atomic mass is 19.4. The van der Waals surface area contributed by atoms with Crippen LogP contribution in [-0.2, 0) is 22.2 Å². The Morgan fingerprint density at radius 1 is 1.15 bits per heavy atom. The fourth-order valence-electron chi connectivity index (χ4n) is 2.57. The lowest BCUT2D eigenvalue weighted by molar-refractivity contribution is -0.144. The molecule has 0 aliphatic carbocycles. The maximum atomic E-state index is 12.8. The lowest BCUT2D eigenvalue weighted by Crippen LogP contribution is -2.39. The van der Waals surface area contributed by atoms with Crippen molar-refractivity contribution in [1.29, 1.82) is 0 Å². The molecular formula is C16H21F3N6O2. The Labute approximate surface area is 153 Å². The van der Waals surface area contributed by atoms with Crippen molar-refractivity contribution in [1.82, 2.24) is 30.2 Å². The predicted octanol–water partition coefficient (Wildman–Crippen LogP) is 1.33. The van der Waals surface area contributed by atoms with Gasteiger partial charge in [-0.3, -0.25) is 9.59 Å². The van der Waals surface area contributed by atoms with Gasteiger partial charge in [-0.05, 0) is 39.7 Å². The molecule has 0 atom stereocenters. The van der Waals surface area contributed by atoms with Crippen LogP contribution < -0.4 is 10.6 Å². The van der Waals surface area contributed by atoms with E-state index >= 15 is 0 Å². The van der Waals surface area contributed by atoms with Crippen molar-refractivity contribution in [3.05, 3.63) is 22.8 Å². The van der Waals surface area contributed by atoms with Crippen LogP contribution in [0.3, 0.4) is 0 Å². The van der Waals surface area contributed by atoms with Crippen molar-refractivity contribution in [2.45, 2.75) is 52.8 Å². The van der Waals surface area contributed by atoms with Crippen molar-refractivity contribution >= 4 is 17.6 Å². The van der Waals surface area contributed by atoms with Gasteiger partial charge >= 0.3 is 6.18 Å². The Morgan fingerprint density at radius 2 is 1.81 bits per heavy atom. The van der Waals surface area contributed by atoms with Gasteiger partial charge < -0.3 is 10.6 Å². The van der Waals surface area contributed by atoms with E-state index in [1.807, 2.05) is 13.8 Å². The first-order chi connectivity index (χ1) is 12.5. The normalized spacial score (nSPS) is 11.9. The highest BCUT2D eigenvalue weighted by molar-refractivity contribution is 5.84. The zero-order valence-electron chi connectivity index (χ0n) is 15.4. The molecule has 0 spiro atoms. The van der Waals surface area contributed by atoms with Gasteiger partial charge in [-0.15, -0.1) is 5.10 Å². The number of hydrogen-bond acceptors (Lipinski definition) is 5. The van der Waals surface area contributed by atoms with Crippen LogP contribution in [0.4, 0.5) is 13.2 Å². The summed E-state index contributed by atoms with van der Waals surface area (Å²) < 4.78 is 39.4. The van der Waals surface area contributed by atoms with Crippen LogP contribution in [-0.4, -0.2) is 44.0 Å². The fraction of sp³-hybridized carbons (Fsp3) is 0.562. The number of aromatic nitrogens is 4. The average Bonchev–Trinajstić information content (AvgIpc) is 2.96. The van der Waals surface area contributed by atoms with Crippen molar-refractivity contribution < 1.29 is 22.8 Å².